The van der Waals surface area contributed by atoms with Gasteiger partial charge in [-0.15, -0.1) is 0 Å². The van der Waals surface area contributed by atoms with Crippen LogP contribution in [0.15, 0.2) is 60.9 Å². The van der Waals surface area contributed by atoms with Gasteiger partial charge in [-0.1, -0.05) is 25.8 Å². The summed E-state index contributed by atoms with van der Waals surface area (Å²) in [6.45, 7) is 2.32. The normalized spacial score (nSPS) is 18.9. The number of halogens is 1. The highest BCUT2D eigenvalue weighted by Gasteiger charge is 2.26. The van der Waals surface area contributed by atoms with Crippen molar-refractivity contribution < 1.29 is 9.13 Å². The minimum Gasteiger partial charge on any atom is -0.457 e. The molecule has 0 radical (unpaired) electrons. The van der Waals surface area contributed by atoms with Crippen LogP contribution >= 0.6 is 0 Å². The van der Waals surface area contributed by atoms with Crippen molar-refractivity contribution in [2.24, 2.45) is 5.92 Å². The first kappa shape index (κ1) is 19.5. The van der Waals surface area contributed by atoms with Gasteiger partial charge in [0.1, 0.15) is 40.2 Å². The summed E-state index contributed by atoms with van der Waals surface area (Å²) in [5, 5.41) is 0. The van der Waals surface area contributed by atoms with Gasteiger partial charge in [-0.3, -0.25) is 4.40 Å². The second-order valence-corrected chi connectivity index (χ2v) is 8.39. The highest BCUT2D eigenvalue weighted by Crippen LogP contribution is 2.38. The third kappa shape index (κ3) is 3.85. The van der Waals surface area contributed by atoms with Gasteiger partial charge in [0.25, 0.3) is 0 Å². The van der Waals surface area contributed by atoms with Crippen molar-refractivity contribution in [3.05, 3.63) is 72.6 Å². The minimum absolute atomic E-state index is 0.328. The molecule has 2 N–H and O–H groups in total. The molecule has 1 saturated carbocycles. The van der Waals surface area contributed by atoms with Crippen LogP contribution in [0.2, 0.25) is 0 Å². The molecule has 0 spiro atoms. The Labute approximate surface area is 180 Å². The summed E-state index contributed by atoms with van der Waals surface area (Å²) in [5.41, 5.74) is 8.89. The fourth-order valence-electron chi connectivity index (χ4n) is 4.44. The number of rotatable bonds is 4. The largest absolute Gasteiger partial charge is 0.457 e. The van der Waals surface area contributed by atoms with Gasteiger partial charge >= 0.3 is 0 Å². The van der Waals surface area contributed by atoms with Crippen LogP contribution < -0.4 is 10.5 Å². The van der Waals surface area contributed by atoms with Gasteiger partial charge < -0.3 is 10.5 Å². The van der Waals surface area contributed by atoms with Gasteiger partial charge in [0, 0.05) is 29.9 Å². The summed E-state index contributed by atoms with van der Waals surface area (Å²) in [7, 11) is 0. The first-order valence-electron chi connectivity index (χ1n) is 10.7. The van der Waals surface area contributed by atoms with Crippen LogP contribution in [-0.4, -0.2) is 14.4 Å². The number of aromatic nitrogens is 3. The zero-order valence-electron chi connectivity index (χ0n) is 17.5. The Kier molecular flexibility index (Phi) is 5.06. The van der Waals surface area contributed by atoms with Crippen molar-refractivity contribution in [2.45, 2.75) is 38.5 Å². The Balaban J connectivity index is 1.49. The quantitative estimate of drug-likeness (QED) is 0.430. The zero-order chi connectivity index (χ0) is 21.4. The molecular weight excluding hydrogens is 391 g/mol. The average Bonchev–Trinajstić information content (AvgIpc) is 3.16. The molecule has 0 unspecified atom stereocenters. The first-order chi connectivity index (χ1) is 15.1. The number of hydrogen-bond acceptors (Lipinski definition) is 4. The number of nitrogens with zero attached hydrogens (tertiary/aromatic N) is 3. The molecular formula is C25H25FN4O. The summed E-state index contributed by atoms with van der Waals surface area (Å²) >= 11 is 0. The number of imidazole rings is 1. The third-order valence-corrected chi connectivity index (χ3v) is 6.15. The second-order valence-electron chi connectivity index (χ2n) is 8.39. The van der Waals surface area contributed by atoms with Crippen molar-refractivity contribution in [2.75, 3.05) is 5.73 Å². The number of hydrogen-bond donors (Lipinski definition) is 1. The monoisotopic (exact) mass is 416 g/mol. The fourth-order valence-corrected chi connectivity index (χ4v) is 4.44. The van der Waals surface area contributed by atoms with Crippen LogP contribution in [0.25, 0.3) is 16.8 Å². The van der Waals surface area contributed by atoms with E-state index < -0.39 is 0 Å². The van der Waals surface area contributed by atoms with E-state index in [-0.39, 0.29) is 5.82 Å². The highest BCUT2D eigenvalue weighted by molar-refractivity contribution is 5.85. The highest BCUT2D eigenvalue weighted by atomic mass is 19.1. The predicted octanol–water partition coefficient (Wildman–Crippen LogP) is 6.20. The van der Waals surface area contributed by atoms with Crippen LogP contribution in [0, 0.1) is 11.7 Å². The van der Waals surface area contributed by atoms with Crippen LogP contribution in [0.4, 0.5) is 10.2 Å². The molecule has 5 rings (SSSR count). The van der Waals surface area contributed by atoms with Crippen molar-refractivity contribution in [1.29, 1.82) is 0 Å². The summed E-state index contributed by atoms with van der Waals surface area (Å²) in [4.78, 5) is 9.35. The molecule has 1 fully saturated rings. The van der Waals surface area contributed by atoms with Gasteiger partial charge in [0.15, 0.2) is 0 Å². The van der Waals surface area contributed by atoms with Gasteiger partial charge in [0.2, 0.25) is 0 Å². The number of fused-ring (bicyclic) bond motifs is 1. The Morgan fingerprint density at radius 3 is 2.55 bits per heavy atom. The Morgan fingerprint density at radius 1 is 1.03 bits per heavy atom. The molecule has 0 atom stereocenters. The van der Waals surface area contributed by atoms with Gasteiger partial charge in [-0.2, -0.15) is 0 Å². The average molecular weight is 417 g/mol. The molecule has 31 heavy (non-hydrogen) atoms. The number of benzene rings is 2. The molecule has 5 nitrogen and oxygen atoms in total. The lowest BCUT2D eigenvalue weighted by Crippen LogP contribution is -2.13. The molecule has 4 aromatic rings. The maximum absolute atomic E-state index is 13.4. The summed E-state index contributed by atoms with van der Waals surface area (Å²) < 4.78 is 21.3. The predicted molar refractivity (Wildman–Crippen MR) is 120 cm³/mol. The number of ether oxygens (including phenoxy) is 1. The molecule has 2 heterocycles. The zero-order valence-corrected chi connectivity index (χ0v) is 17.5. The number of nitrogen functional groups attached to an aromatic ring is 1. The smallest absolute Gasteiger partial charge is 0.150 e. The van der Waals surface area contributed by atoms with E-state index in [2.05, 4.69) is 16.3 Å². The number of anilines is 1. The van der Waals surface area contributed by atoms with E-state index in [9.17, 15) is 4.39 Å². The van der Waals surface area contributed by atoms with Crippen molar-refractivity contribution in [3.63, 3.8) is 0 Å². The van der Waals surface area contributed by atoms with Gasteiger partial charge in [0.05, 0.1) is 0 Å². The molecule has 1 aliphatic carbocycles. The lowest BCUT2D eigenvalue weighted by molar-refractivity contribution is 0.339. The first-order valence-corrected chi connectivity index (χ1v) is 10.7. The maximum Gasteiger partial charge on any atom is 0.150 e. The fraction of sp³-hybridized carbons (Fsp3) is 0.280. The van der Waals surface area contributed by atoms with E-state index in [1.807, 2.05) is 30.5 Å². The molecule has 0 bridgehead atoms. The standard InChI is InChI=1S/C25H25FN4O/c1-16-5-7-18(8-6-16)25-29-22(23-24(27)28-13-14-30(23)25)17-9-11-20(12-10-17)31-21-4-2-3-19(26)15-21/h2-4,9-16,18H,5-8H2,1H3,(H2,27,28). The Hall–Kier alpha value is -3.41. The topological polar surface area (TPSA) is 65.4 Å². The molecule has 0 aliphatic heterocycles. The van der Waals surface area contributed by atoms with Crippen LogP contribution in [-0.2, 0) is 0 Å². The molecule has 6 heteroatoms. The van der Waals surface area contributed by atoms with Crippen LogP contribution in [0.1, 0.15) is 44.3 Å². The van der Waals surface area contributed by atoms with Crippen molar-refractivity contribution >= 4 is 11.3 Å². The molecule has 2 aromatic carbocycles. The van der Waals surface area contributed by atoms with E-state index in [1.165, 1.54) is 25.0 Å². The van der Waals surface area contributed by atoms with E-state index in [4.69, 9.17) is 15.5 Å². The lowest BCUT2D eigenvalue weighted by atomic mass is 9.82. The Bertz CT molecular complexity index is 1210. The van der Waals surface area contributed by atoms with Crippen molar-refractivity contribution in [3.8, 4) is 22.8 Å². The van der Waals surface area contributed by atoms with E-state index >= 15 is 0 Å². The third-order valence-electron chi connectivity index (χ3n) is 6.15. The molecule has 1 aliphatic rings. The summed E-state index contributed by atoms with van der Waals surface area (Å²) in [5.74, 6) is 3.50. The molecule has 158 valence electrons. The van der Waals surface area contributed by atoms with Gasteiger partial charge in [-0.05, 0) is 55.2 Å². The number of nitrogens with two attached hydrogens (primary N) is 1. The van der Waals surface area contributed by atoms with Crippen LogP contribution in [0.3, 0.4) is 0 Å². The van der Waals surface area contributed by atoms with E-state index in [1.54, 1.807) is 18.3 Å². The van der Waals surface area contributed by atoms with Crippen molar-refractivity contribution in [1.82, 2.24) is 14.4 Å². The second kappa shape index (κ2) is 8.02. The minimum atomic E-state index is -0.328. The van der Waals surface area contributed by atoms with Crippen LogP contribution in [0.5, 0.6) is 11.5 Å². The summed E-state index contributed by atoms with van der Waals surface area (Å²) in [6, 6.07) is 13.7. The van der Waals surface area contributed by atoms with Gasteiger partial charge in [-0.25, -0.2) is 14.4 Å². The maximum atomic E-state index is 13.4. The van der Waals surface area contributed by atoms with E-state index in [0.717, 1.165) is 41.4 Å². The van der Waals surface area contributed by atoms with E-state index in [0.29, 0.717) is 23.2 Å². The Morgan fingerprint density at radius 2 is 1.81 bits per heavy atom. The molecule has 0 amide bonds. The SMILES string of the molecule is CC1CCC(c2nc(-c3ccc(Oc4cccc(F)c4)cc3)c3c(N)nccn23)CC1. The lowest BCUT2D eigenvalue weighted by Gasteiger charge is -2.25. The molecule has 0 saturated heterocycles. The molecule has 2 aromatic heterocycles. The summed E-state index contributed by atoms with van der Waals surface area (Å²) in [6.07, 6.45) is 8.42.